The van der Waals surface area contributed by atoms with E-state index in [0.717, 1.165) is 13.1 Å². The van der Waals surface area contributed by atoms with E-state index in [4.69, 9.17) is 9.57 Å². The molecule has 1 saturated heterocycles. The summed E-state index contributed by atoms with van der Waals surface area (Å²) in [5, 5.41) is 1.80. The molecule has 1 atom stereocenters. The molecule has 0 N–H and O–H groups in total. The Bertz CT molecular complexity index is 170. The number of hydrogen-bond acceptors (Lipinski definition) is 5. The molecule has 0 bridgehead atoms. The molecule has 0 aromatic heterocycles. The highest BCUT2D eigenvalue weighted by Gasteiger charge is 2.25. The van der Waals surface area contributed by atoms with E-state index in [1.54, 1.807) is 5.06 Å². The van der Waals surface area contributed by atoms with Crippen molar-refractivity contribution in [1.29, 1.82) is 0 Å². The SMILES string of the molecule is CCN(CC)OCC1COC(=O)O1. The minimum Gasteiger partial charge on any atom is -0.430 e. The van der Waals surface area contributed by atoms with Crippen molar-refractivity contribution >= 4 is 6.16 Å². The smallest absolute Gasteiger partial charge is 0.430 e. The lowest BCUT2D eigenvalue weighted by atomic mass is 10.4. The molecule has 5 heteroatoms. The fraction of sp³-hybridized carbons (Fsp3) is 0.875. The zero-order valence-corrected chi connectivity index (χ0v) is 7.99. The van der Waals surface area contributed by atoms with Crippen molar-refractivity contribution in [3.63, 3.8) is 0 Å². The van der Waals surface area contributed by atoms with Crippen molar-refractivity contribution in [2.24, 2.45) is 0 Å². The number of rotatable bonds is 5. The third-order valence-electron chi connectivity index (χ3n) is 1.80. The molecule has 5 nitrogen and oxygen atoms in total. The predicted octanol–water partition coefficient (Wildman–Crippen LogP) is 0.795. The van der Waals surface area contributed by atoms with Gasteiger partial charge < -0.3 is 9.47 Å². The van der Waals surface area contributed by atoms with Gasteiger partial charge in [-0.25, -0.2) is 4.79 Å². The molecular formula is C8H15NO4. The molecule has 1 rings (SSSR count). The zero-order chi connectivity index (χ0) is 9.68. The van der Waals surface area contributed by atoms with Gasteiger partial charge in [0, 0.05) is 13.1 Å². The zero-order valence-electron chi connectivity index (χ0n) is 7.99. The molecule has 13 heavy (non-hydrogen) atoms. The van der Waals surface area contributed by atoms with Gasteiger partial charge in [-0.1, -0.05) is 13.8 Å². The third kappa shape index (κ3) is 3.20. The molecule has 0 aromatic carbocycles. The maximum Gasteiger partial charge on any atom is 0.508 e. The van der Waals surface area contributed by atoms with Gasteiger partial charge in [-0.3, -0.25) is 4.84 Å². The first-order valence-corrected chi connectivity index (χ1v) is 4.47. The first kappa shape index (κ1) is 10.3. The lowest BCUT2D eigenvalue weighted by Crippen LogP contribution is -2.29. The van der Waals surface area contributed by atoms with E-state index in [9.17, 15) is 4.79 Å². The van der Waals surface area contributed by atoms with Gasteiger partial charge in [-0.2, -0.15) is 5.06 Å². The quantitative estimate of drug-likeness (QED) is 0.473. The summed E-state index contributed by atoms with van der Waals surface area (Å²) < 4.78 is 9.39. The van der Waals surface area contributed by atoms with Crippen molar-refractivity contribution in [3.8, 4) is 0 Å². The molecule has 1 aliphatic rings. The molecule has 0 radical (unpaired) electrons. The Morgan fingerprint density at radius 2 is 2.23 bits per heavy atom. The molecule has 0 amide bonds. The van der Waals surface area contributed by atoms with E-state index in [-0.39, 0.29) is 6.10 Å². The molecule has 1 unspecified atom stereocenters. The van der Waals surface area contributed by atoms with E-state index < -0.39 is 6.16 Å². The fourth-order valence-electron chi connectivity index (χ4n) is 1.04. The van der Waals surface area contributed by atoms with Crippen LogP contribution in [0.4, 0.5) is 4.79 Å². The van der Waals surface area contributed by atoms with Crippen LogP contribution in [0.2, 0.25) is 0 Å². The van der Waals surface area contributed by atoms with Crippen LogP contribution < -0.4 is 0 Å². The Labute approximate surface area is 77.5 Å². The highest BCUT2D eigenvalue weighted by Crippen LogP contribution is 2.06. The number of hydrogen-bond donors (Lipinski definition) is 0. The summed E-state index contributed by atoms with van der Waals surface area (Å²) in [6.45, 7) is 6.30. The number of cyclic esters (lactones) is 2. The van der Waals surface area contributed by atoms with Gasteiger partial charge in [0.25, 0.3) is 0 Å². The van der Waals surface area contributed by atoms with Gasteiger partial charge in [0.1, 0.15) is 13.2 Å². The summed E-state index contributed by atoms with van der Waals surface area (Å²) in [5.74, 6) is 0. The molecule has 1 aliphatic heterocycles. The summed E-state index contributed by atoms with van der Waals surface area (Å²) in [6.07, 6.45) is -0.860. The van der Waals surface area contributed by atoms with Gasteiger partial charge >= 0.3 is 6.16 Å². The van der Waals surface area contributed by atoms with Crippen molar-refractivity contribution in [3.05, 3.63) is 0 Å². The molecule has 1 heterocycles. The second kappa shape index (κ2) is 5.04. The average Bonchev–Trinajstić information content (AvgIpc) is 2.53. The van der Waals surface area contributed by atoms with E-state index in [2.05, 4.69) is 4.74 Å². The van der Waals surface area contributed by atoms with Gasteiger partial charge in [0.2, 0.25) is 0 Å². The standard InChI is InChI=1S/C8H15NO4/c1-3-9(4-2)12-6-7-5-11-8(10)13-7/h7H,3-6H2,1-2H3. The second-order valence-electron chi connectivity index (χ2n) is 2.71. The molecule has 76 valence electrons. The molecule has 0 spiro atoms. The molecule has 1 fully saturated rings. The normalized spacial score (nSPS) is 21.8. The predicted molar refractivity (Wildman–Crippen MR) is 45.1 cm³/mol. The number of nitrogens with zero attached hydrogens (tertiary/aromatic N) is 1. The molecule has 0 aliphatic carbocycles. The average molecular weight is 189 g/mol. The van der Waals surface area contributed by atoms with Gasteiger partial charge in [-0.15, -0.1) is 0 Å². The monoisotopic (exact) mass is 189 g/mol. The maximum atomic E-state index is 10.5. The molecule has 0 aromatic rings. The highest BCUT2D eigenvalue weighted by atomic mass is 16.8. The minimum absolute atomic E-state index is 0.256. The maximum absolute atomic E-state index is 10.5. The lowest BCUT2D eigenvalue weighted by Gasteiger charge is -2.18. The van der Waals surface area contributed by atoms with Crippen LogP contribution in [-0.2, 0) is 14.3 Å². The van der Waals surface area contributed by atoms with Crippen molar-refractivity contribution < 1.29 is 19.1 Å². The van der Waals surface area contributed by atoms with E-state index in [1.807, 2.05) is 13.8 Å². The van der Waals surface area contributed by atoms with Gasteiger partial charge in [0.15, 0.2) is 6.10 Å². The minimum atomic E-state index is -0.604. The summed E-state index contributed by atoms with van der Waals surface area (Å²) in [7, 11) is 0. The third-order valence-corrected chi connectivity index (χ3v) is 1.80. The van der Waals surface area contributed by atoms with E-state index in [1.165, 1.54) is 0 Å². The van der Waals surface area contributed by atoms with Crippen LogP contribution in [0.5, 0.6) is 0 Å². The Kier molecular flexibility index (Phi) is 3.98. The number of carbonyl (C=O) groups excluding carboxylic acids is 1. The van der Waals surface area contributed by atoms with Crippen LogP contribution in [0.15, 0.2) is 0 Å². The molecular weight excluding hydrogens is 174 g/mol. The van der Waals surface area contributed by atoms with Gasteiger partial charge in [0.05, 0.1) is 0 Å². The first-order valence-electron chi connectivity index (χ1n) is 4.47. The Hall–Kier alpha value is -0.810. The van der Waals surface area contributed by atoms with Crippen LogP contribution >= 0.6 is 0 Å². The van der Waals surface area contributed by atoms with Crippen LogP contribution in [0.1, 0.15) is 13.8 Å². The number of ether oxygens (including phenoxy) is 2. The second-order valence-corrected chi connectivity index (χ2v) is 2.71. The Morgan fingerprint density at radius 3 is 2.69 bits per heavy atom. The van der Waals surface area contributed by atoms with Crippen LogP contribution in [0.25, 0.3) is 0 Å². The fourth-order valence-corrected chi connectivity index (χ4v) is 1.04. The summed E-state index contributed by atoms with van der Waals surface area (Å²) in [5.41, 5.74) is 0. The Balaban J connectivity index is 2.14. The summed E-state index contributed by atoms with van der Waals surface area (Å²) >= 11 is 0. The van der Waals surface area contributed by atoms with Crippen molar-refractivity contribution in [1.82, 2.24) is 5.06 Å². The van der Waals surface area contributed by atoms with E-state index in [0.29, 0.717) is 13.2 Å². The van der Waals surface area contributed by atoms with Crippen LogP contribution in [0.3, 0.4) is 0 Å². The summed E-state index contributed by atoms with van der Waals surface area (Å²) in [4.78, 5) is 15.9. The van der Waals surface area contributed by atoms with Crippen LogP contribution in [-0.4, -0.2) is 43.6 Å². The number of carbonyl (C=O) groups is 1. The van der Waals surface area contributed by atoms with Crippen molar-refractivity contribution in [2.75, 3.05) is 26.3 Å². The topological polar surface area (TPSA) is 48.0 Å². The van der Waals surface area contributed by atoms with Crippen molar-refractivity contribution in [2.45, 2.75) is 20.0 Å². The number of hydroxylamine groups is 2. The highest BCUT2D eigenvalue weighted by molar-refractivity contribution is 5.61. The molecule has 0 saturated carbocycles. The Morgan fingerprint density at radius 1 is 1.54 bits per heavy atom. The summed E-state index contributed by atoms with van der Waals surface area (Å²) in [6, 6.07) is 0. The first-order chi connectivity index (χ1) is 6.26. The van der Waals surface area contributed by atoms with E-state index >= 15 is 0 Å². The van der Waals surface area contributed by atoms with Gasteiger partial charge in [-0.05, 0) is 0 Å². The van der Waals surface area contributed by atoms with Crippen LogP contribution in [0, 0.1) is 0 Å². The largest absolute Gasteiger partial charge is 0.508 e. The lowest BCUT2D eigenvalue weighted by molar-refractivity contribution is -0.169.